The molecule has 4 bridgehead atoms. The van der Waals surface area contributed by atoms with Gasteiger partial charge in [-0.2, -0.15) is 5.10 Å². The minimum absolute atomic E-state index is 0.0125. The van der Waals surface area contributed by atoms with Gasteiger partial charge in [-0.3, -0.25) is 9.78 Å². The molecule has 26 heavy (non-hydrogen) atoms. The van der Waals surface area contributed by atoms with E-state index in [4.69, 9.17) is 0 Å². The van der Waals surface area contributed by atoms with Crippen LogP contribution in [0.4, 0.5) is 0 Å². The lowest BCUT2D eigenvalue weighted by Gasteiger charge is -2.56. The first-order chi connectivity index (χ1) is 12.6. The molecule has 2 aromatic rings. The number of nitrogens with zero attached hydrogens (tertiary/aromatic N) is 3. The van der Waals surface area contributed by atoms with Gasteiger partial charge in [0.05, 0.1) is 16.9 Å². The third-order valence-corrected chi connectivity index (χ3v) is 6.86. The van der Waals surface area contributed by atoms with E-state index in [9.17, 15) is 4.79 Å². The third-order valence-electron chi connectivity index (χ3n) is 6.86. The second kappa shape index (κ2) is 5.93. The molecule has 0 radical (unpaired) electrons. The van der Waals surface area contributed by atoms with Crippen molar-refractivity contribution in [1.82, 2.24) is 20.1 Å². The van der Waals surface area contributed by atoms with Gasteiger partial charge in [-0.05, 0) is 80.8 Å². The molecule has 4 fully saturated rings. The monoisotopic (exact) mass is 350 g/mol. The molecule has 0 aliphatic heterocycles. The molecule has 1 N–H and O–H groups in total. The average molecular weight is 350 g/mol. The Morgan fingerprint density at radius 1 is 1.15 bits per heavy atom. The molecule has 1 amide bonds. The van der Waals surface area contributed by atoms with Crippen LogP contribution in [0.1, 0.15) is 54.6 Å². The van der Waals surface area contributed by atoms with Crippen LogP contribution >= 0.6 is 0 Å². The zero-order valence-electron chi connectivity index (χ0n) is 15.3. The molecule has 0 spiro atoms. The van der Waals surface area contributed by atoms with Gasteiger partial charge in [-0.15, -0.1) is 0 Å². The van der Waals surface area contributed by atoms with Crippen LogP contribution < -0.4 is 5.32 Å². The molecule has 5 nitrogen and oxygen atoms in total. The van der Waals surface area contributed by atoms with Crippen molar-refractivity contribution in [3.63, 3.8) is 0 Å². The van der Waals surface area contributed by atoms with Crippen molar-refractivity contribution in [2.75, 3.05) is 6.54 Å². The van der Waals surface area contributed by atoms with Crippen LogP contribution in [0, 0.1) is 30.1 Å². The number of nitrogens with one attached hydrogen (secondary N) is 1. The SMILES string of the molecule is Cc1nn(-c2ccncc2)cc1C(=O)NCC12CC3CC(CC(C3)C1)C2. The van der Waals surface area contributed by atoms with Crippen LogP contribution in [0.15, 0.2) is 30.7 Å². The molecule has 2 heterocycles. The first-order valence-corrected chi connectivity index (χ1v) is 9.85. The topological polar surface area (TPSA) is 59.8 Å². The summed E-state index contributed by atoms with van der Waals surface area (Å²) in [6.07, 6.45) is 13.6. The van der Waals surface area contributed by atoms with E-state index in [2.05, 4.69) is 15.4 Å². The predicted octanol–water partition coefficient (Wildman–Crippen LogP) is 3.52. The third kappa shape index (κ3) is 2.74. The van der Waals surface area contributed by atoms with Gasteiger partial charge in [0.15, 0.2) is 0 Å². The fourth-order valence-corrected chi connectivity index (χ4v) is 6.18. The molecule has 0 unspecified atom stereocenters. The highest BCUT2D eigenvalue weighted by Gasteiger charge is 2.50. The number of amides is 1. The summed E-state index contributed by atoms with van der Waals surface area (Å²) in [5.74, 6) is 2.75. The van der Waals surface area contributed by atoms with E-state index in [1.807, 2.05) is 25.3 Å². The highest BCUT2D eigenvalue weighted by molar-refractivity contribution is 5.95. The Balaban J connectivity index is 1.30. The lowest BCUT2D eigenvalue weighted by Crippen LogP contribution is -2.51. The van der Waals surface area contributed by atoms with Crippen LogP contribution in [0.2, 0.25) is 0 Å². The Morgan fingerprint density at radius 2 is 1.77 bits per heavy atom. The number of aromatic nitrogens is 3. The zero-order valence-corrected chi connectivity index (χ0v) is 15.3. The average Bonchev–Trinajstić information content (AvgIpc) is 3.01. The standard InChI is InChI=1S/C21H26N4O/c1-14-19(12-25(24-14)18-2-4-22-5-3-18)20(26)23-13-21-9-15-6-16(10-21)8-17(7-15)11-21/h2-5,12,15-17H,6-11,13H2,1H3,(H,23,26). The molecule has 136 valence electrons. The summed E-state index contributed by atoms with van der Waals surface area (Å²) < 4.78 is 1.76. The van der Waals surface area contributed by atoms with Gasteiger partial charge >= 0.3 is 0 Å². The van der Waals surface area contributed by atoms with E-state index in [1.165, 1.54) is 38.5 Å². The van der Waals surface area contributed by atoms with Gasteiger partial charge in [-0.25, -0.2) is 4.68 Å². The highest BCUT2D eigenvalue weighted by Crippen LogP contribution is 2.59. The molecule has 2 aromatic heterocycles. The van der Waals surface area contributed by atoms with Crippen LogP contribution in [-0.4, -0.2) is 27.2 Å². The van der Waals surface area contributed by atoms with Gasteiger partial charge in [0, 0.05) is 25.1 Å². The Hall–Kier alpha value is -2.17. The van der Waals surface area contributed by atoms with Crippen LogP contribution in [0.5, 0.6) is 0 Å². The van der Waals surface area contributed by atoms with Crippen molar-refractivity contribution in [2.45, 2.75) is 45.4 Å². The van der Waals surface area contributed by atoms with E-state index in [0.717, 1.165) is 35.7 Å². The number of hydrogen-bond acceptors (Lipinski definition) is 3. The molecule has 4 aliphatic rings. The quantitative estimate of drug-likeness (QED) is 0.918. The Bertz CT molecular complexity index is 791. The lowest BCUT2D eigenvalue weighted by atomic mass is 9.49. The molecular formula is C21H26N4O. The molecule has 4 aliphatic carbocycles. The van der Waals surface area contributed by atoms with E-state index in [-0.39, 0.29) is 5.91 Å². The minimum atomic E-state index is 0.0125. The largest absolute Gasteiger partial charge is 0.351 e. The van der Waals surface area contributed by atoms with Gasteiger partial charge < -0.3 is 5.32 Å². The zero-order chi connectivity index (χ0) is 17.7. The fourth-order valence-electron chi connectivity index (χ4n) is 6.18. The van der Waals surface area contributed by atoms with Crippen molar-refractivity contribution in [3.8, 4) is 5.69 Å². The number of aryl methyl sites for hydroxylation is 1. The second-order valence-electron chi connectivity index (χ2n) is 8.88. The van der Waals surface area contributed by atoms with Gasteiger partial charge in [0.25, 0.3) is 5.91 Å². The summed E-state index contributed by atoms with van der Waals surface area (Å²) in [6.45, 7) is 2.73. The maximum Gasteiger partial charge on any atom is 0.254 e. The van der Waals surface area contributed by atoms with Crippen molar-refractivity contribution in [2.24, 2.45) is 23.2 Å². The number of carbonyl (C=O) groups is 1. The van der Waals surface area contributed by atoms with Crippen molar-refractivity contribution < 1.29 is 4.79 Å². The summed E-state index contributed by atoms with van der Waals surface area (Å²) in [5.41, 5.74) is 2.72. The molecule has 5 heteroatoms. The fraction of sp³-hybridized carbons (Fsp3) is 0.571. The summed E-state index contributed by atoms with van der Waals surface area (Å²) in [6, 6.07) is 3.78. The summed E-state index contributed by atoms with van der Waals surface area (Å²) in [4.78, 5) is 16.9. The lowest BCUT2D eigenvalue weighted by molar-refractivity contribution is -0.0503. The smallest absolute Gasteiger partial charge is 0.254 e. The molecule has 4 saturated carbocycles. The van der Waals surface area contributed by atoms with E-state index in [1.54, 1.807) is 17.1 Å². The Morgan fingerprint density at radius 3 is 2.38 bits per heavy atom. The second-order valence-corrected chi connectivity index (χ2v) is 8.88. The Kier molecular flexibility index (Phi) is 3.66. The maximum absolute atomic E-state index is 12.8. The van der Waals surface area contributed by atoms with Gasteiger partial charge in [0.2, 0.25) is 0 Å². The van der Waals surface area contributed by atoms with E-state index >= 15 is 0 Å². The van der Waals surface area contributed by atoms with Crippen molar-refractivity contribution in [3.05, 3.63) is 42.0 Å². The van der Waals surface area contributed by atoms with E-state index in [0.29, 0.717) is 11.0 Å². The minimum Gasteiger partial charge on any atom is -0.351 e. The Labute approximate surface area is 154 Å². The first kappa shape index (κ1) is 16.0. The van der Waals surface area contributed by atoms with E-state index < -0.39 is 0 Å². The van der Waals surface area contributed by atoms with Crippen LogP contribution in [0.3, 0.4) is 0 Å². The highest BCUT2D eigenvalue weighted by atomic mass is 16.1. The molecule has 0 saturated heterocycles. The summed E-state index contributed by atoms with van der Waals surface area (Å²) in [5, 5.41) is 7.76. The van der Waals surface area contributed by atoms with Crippen molar-refractivity contribution >= 4 is 5.91 Å². The number of carbonyl (C=O) groups excluding carboxylic acids is 1. The predicted molar refractivity (Wildman–Crippen MR) is 99.0 cm³/mol. The molecule has 0 aromatic carbocycles. The molecule has 0 atom stereocenters. The van der Waals surface area contributed by atoms with Crippen LogP contribution in [0.25, 0.3) is 5.69 Å². The summed E-state index contributed by atoms with van der Waals surface area (Å²) >= 11 is 0. The number of hydrogen-bond donors (Lipinski definition) is 1. The number of pyridine rings is 1. The van der Waals surface area contributed by atoms with Gasteiger partial charge in [0.1, 0.15) is 0 Å². The van der Waals surface area contributed by atoms with Crippen molar-refractivity contribution in [1.29, 1.82) is 0 Å². The molecular weight excluding hydrogens is 324 g/mol. The number of rotatable bonds is 4. The van der Waals surface area contributed by atoms with Gasteiger partial charge in [-0.1, -0.05) is 0 Å². The molecule has 6 rings (SSSR count). The van der Waals surface area contributed by atoms with Crippen LogP contribution in [-0.2, 0) is 0 Å². The summed E-state index contributed by atoms with van der Waals surface area (Å²) in [7, 11) is 0. The maximum atomic E-state index is 12.8. The normalized spacial score (nSPS) is 32.0. The first-order valence-electron chi connectivity index (χ1n) is 9.85.